The lowest BCUT2D eigenvalue weighted by Crippen LogP contribution is -2.54. The van der Waals surface area contributed by atoms with Gasteiger partial charge in [0, 0.05) is 41.9 Å². The molecule has 3 fully saturated rings. The van der Waals surface area contributed by atoms with Crippen LogP contribution < -0.4 is 0 Å². The molecule has 1 spiro atoms. The van der Waals surface area contributed by atoms with Crippen molar-refractivity contribution in [3.63, 3.8) is 0 Å². The summed E-state index contributed by atoms with van der Waals surface area (Å²) in [7, 11) is 0. The third-order valence-corrected chi connectivity index (χ3v) is 7.59. The van der Waals surface area contributed by atoms with E-state index >= 15 is 0 Å². The fourth-order valence-corrected chi connectivity index (χ4v) is 5.72. The number of rotatable bonds is 2. The zero-order chi connectivity index (χ0) is 17.4. The van der Waals surface area contributed by atoms with Crippen molar-refractivity contribution in [2.75, 3.05) is 25.4 Å². The number of piperidine rings is 1. The molecule has 1 aromatic carbocycles. The van der Waals surface area contributed by atoms with Gasteiger partial charge in [-0.25, -0.2) is 0 Å². The number of halogens is 1. The predicted octanol–water partition coefficient (Wildman–Crippen LogP) is 3.65. The minimum absolute atomic E-state index is 0.0614. The average molecular weight is 379 g/mol. The summed E-state index contributed by atoms with van der Waals surface area (Å²) in [6.45, 7) is 2.30. The van der Waals surface area contributed by atoms with Gasteiger partial charge in [-0.2, -0.15) is 0 Å². The Hall–Kier alpha value is -1.20. The third-order valence-electron chi connectivity index (χ3n) is 5.81. The van der Waals surface area contributed by atoms with Gasteiger partial charge in [-0.3, -0.25) is 9.59 Å². The number of carbonyl (C=O) groups excluding carboxylic acids is 2. The van der Waals surface area contributed by atoms with E-state index in [2.05, 4.69) is 0 Å². The SMILES string of the molecule is O=C(C1CCC1)N1CCC2(CC1)SCCN2C(=O)c1cccc(Cl)c1. The van der Waals surface area contributed by atoms with Crippen LogP contribution in [0.1, 0.15) is 42.5 Å². The first kappa shape index (κ1) is 17.2. The molecule has 25 heavy (non-hydrogen) atoms. The standard InChI is InChI=1S/C19H23ClN2O2S/c20-16-6-2-5-15(13-16)18(24)22-11-12-25-19(22)7-9-21(10-8-19)17(23)14-3-1-4-14/h2,5-6,13-14H,1,3-4,7-12H2. The van der Waals surface area contributed by atoms with Gasteiger partial charge >= 0.3 is 0 Å². The van der Waals surface area contributed by atoms with Crippen LogP contribution in [-0.2, 0) is 4.79 Å². The van der Waals surface area contributed by atoms with Gasteiger partial charge in [-0.15, -0.1) is 11.8 Å². The van der Waals surface area contributed by atoms with Crippen LogP contribution in [0.2, 0.25) is 5.02 Å². The molecule has 0 radical (unpaired) electrons. The monoisotopic (exact) mass is 378 g/mol. The van der Waals surface area contributed by atoms with Crippen molar-refractivity contribution in [3.8, 4) is 0 Å². The number of hydrogen-bond donors (Lipinski definition) is 0. The molecule has 1 aliphatic carbocycles. The molecule has 6 heteroatoms. The molecular formula is C19H23ClN2O2S. The van der Waals surface area contributed by atoms with Crippen molar-refractivity contribution >= 4 is 35.2 Å². The lowest BCUT2D eigenvalue weighted by atomic mass is 9.84. The number of likely N-dealkylation sites (tertiary alicyclic amines) is 1. The lowest BCUT2D eigenvalue weighted by Gasteiger charge is -2.45. The Balaban J connectivity index is 1.46. The summed E-state index contributed by atoms with van der Waals surface area (Å²) < 4.78 is 0. The molecule has 0 atom stereocenters. The fourth-order valence-electron chi connectivity index (χ4n) is 4.08. The lowest BCUT2D eigenvalue weighted by molar-refractivity contribution is -0.139. The fraction of sp³-hybridized carbons (Fsp3) is 0.579. The molecule has 3 aliphatic rings. The summed E-state index contributed by atoms with van der Waals surface area (Å²) in [6, 6.07) is 7.19. The van der Waals surface area contributed by atoms with Gasteiger partial charge in [0.25, 0.3) is 5.91 Å². The van der Waals surface area contributed by atoms with E-state index in [1.54, 1.807) is 12.1 Å². The van der Waals surface area contributed by atoms with Crippen molar-refractivity contribution in [1.29, 1.82) is 0 Å². The Morgan fingerprint density at radius 1 is 1.16 bits per heavy atom. The smallest absolute Gasteiger partial charge is 0.255 e. The predicted molar refractivity (Wildman–Crippen MR) is 101 cm³/mol. The van der Waals surface area contributed by atoms with E-state index in [4.69, 9.17) is 11.6 Å². The van der Waals surface area contributed by atoms with Crippen molar-refractivity contribution in [1.82, 2.24) is 9.80 Å². The van der Waals surface area contributed by atoms with E-state index in [1.165, 1.54) is 6.42 Å². The molecule has 1 saturated carbocycles. The number of nitrogens with zero attached hydrogens (tertiary/aromatic N) is 2. The Bertz CT molecular complexity index is 684. The molecule has 4 nitrogen and oxygen atoms in total. The molecule has 134 valence electrons. The van der Waals surface area contributed by atoms with Gasteiger partial charge in [0.05, 0.1) is 4.87 Å². The van der Waals surface area contributed by atoms with Crippen LogP contribution in [0.4, 0.5) is 0 Å². The highest BCUT2D eigenvalue weighted by Crippen LogP contribution is 2.45. The van der Waals surface area contributed by atoms with E-state index in [9.17, 15) is 9.59 Å². The number of benzene rings is 1. The Kier molecular flexibility index (Phi) is 4.71. The van der Waals surface area contributed by atoms with Gasteiger partial charge in [-0.1, -0.05) is 24.1 Å². The van der Waals surface area contributed by atoms with Gasteiger partial charge in [0.15, 0.2) is 0 Å². The first-order valence-corrected chi connectivity index (χ1v) is 10.5. The molecule has 2 amide bonds. The van der Waals surface area contributed by atoms with Crippen LogP contribution in [0.15, 0.2) is 24.3 Å². The van der Waals surface area contributed by atoms with E-state index < -0.39 is 0 Å². The second-order valence-corrected chi connectivity index (χ2v) is 9.11. The first-order valence-electron chi connectivity index (χ1n) is 9.09. The number of carbonyl (C=O) groups is 2. The Labute approximate surface area is 157 Å². The maximum absolute atomic E-state index is 13.0. The van der Waals surface area contributed by atoms with Gasteiger partial charge in [0.1, 0.15) is 0 Å². The Morgan fingerprint density at radius 3 is 2.56 bits per heavy atom. The quantitative estimate of drug-likeness (QED) is 0.788. The van der Waals surface area contributed by atoms with E-state index in [0.717, 1.165) is 51.1 Å². The maximum atomic E-state index is 13.0. The highest BCUT2D eigenvalue weighted by molar-refractivity contribution is 8.00. The third kappa shape index (κ3) is 3.17. The van der Waals surface area contributed by atoms with Crippen LogP contribution in [-0.4, -0.2) is 51.9 Å². The topological polar surface area (TPSA) is 40.6 Å². The number of thioether (sulfide) groups is 1. The van der Waals surface area contributed by atoms with E-state index in [1.807, 2.05) is 33.7 Å². The second kappa shape index (κ2) is 6.84. The largest absolute Gasteiger partial charge is 0.342 e. The molecule has 0 bridgehead atoms. The summed E-state index contributed by atoms with van der Waals surface area (Å²) in [6.07, 6.45) is 5.01. The van der Waals surface area contributed by atoms with Crippen molar-refractivity contribution in [3.05, 3.63) is 34.9 Å². The van der Waals surface area contributed by atoms with Crippen molar-refractivity contribution in [2.24, 2.45) is 5.92 Å². The van der Waals surface area contributed by atoms with Crippen LogP contribution in [0, 0.1) is 5.92 Å². The molecule has 0 unspecified atom stereocenters. The van der Waals surface area contributed by atoms with Crippen LogP contribution in [0.3, 0.4) is 0 Å². The van der Waals surface area contributed by atoms with Crippen LogP contribution in [0.5, 0.6) is 0 Å². The summed E-state index contributed by atoms with van der Waals surface area (Å²) in [5, 5.41) is 0.590. The summed E-state index contributed by atoms with van der Waals surface area (Å²) >= 11 is 7.93. The Morgan fingerprint density at radius 2 is 1.92 bits per heavy atom. The minimum atomic E-state index is -0.157. The molecule has 2 aliphatic heterocycles. The zero-order valence-corrected chi connectivity index (χ0v) is 15.8. The van der Waals surface area contributed by atoms with E-state index in [0.29, 0.717) is 16.5 Å². The van der Waals surface area contributed by atoms with Gasteiger partial charge in [0.2, 0.25) is 5.91 Å². The average Bonchev–Trinajstić information content (AvgIpc) is 2.96. The normalized spacial score (nSPS) is 22.9. The molecule has 0 N–H and O–H groups in total. The summed E-state index contributed by atoms with van der Waals surface area (Å²) in [5.74, 6) is 1.61. The van der Waals surface area contributed by atoms with Gasteiger partial charge in [-0.05, 0) is 43.9 Å². The maximum Gasteiger partial charge on any atom is 0.255 e. The van der Waals surface area contributed by atoms with Gasteiger partial charge < -0.3 is 9.80 Å². The second-order valence-electron chi connectivity index (χ2n) is 7.21. The summed E-state index contributed by atoms with van der Waals surface area (Å²) in [5.41, 5.74) is 0.655. The molecule has 4 rings (SSSR count). The summed E-state index contributed by atoms with van der Waals surface area (Å²) in [4.78, 5) is 29.4. The molecule has 1 aromatic rings. The molecule has 2 heterocycles. The number of amides is 2. The molecular weight excluding hydrogens is 356 g/mol. The van der Waals surface area contributed by atoms with Crippen LogP contribution in [0.25, 0.3) is 0 Å². The first-order chi connectivity index (χ1) is 12.1. The minimum Gasteiger partial charge on any atom is -0.342 e. The highest BCUT2D eigenvalue weighted by atomic mass is 35.5. The van der Waals surface area contributed by atoms with E-state index in [-0.39, 0.29) is 16.7 Å². The number of hydrogen-bond acceptors (Lipinski definition) is 3. The highest BCUT2D eigenvalue weighted by Gasteiger charge is 2.47. The molecule has 0 aromatic heterocycles. The van der Waals surface area contributed by atoms with Crippen LogP contribution >= 0.6 is 23.4 Å². The van der Waals surface area contributed by atoms with Crippen molar-refractivity contribution < 1.29 is 9.59 Å². The zero-order valence-electron chi connectivity index (χ0n) is 14.2. The molecule has 2 saturated heterocycles. The van der Waals surface area contributed by atoms with Crippen molar-refractivity contribution in [2.45, 2.75) is 37.0 Å².